The Balaban J connectivity index is 3.30. The molecule has 0 aliphatic carbocycles. The first kappa shape index (κ1) is 17.2. The first-order chi connectivity index (χ1) is 9.55. The lowest BCUT2D eigenvalue weighted by Crippen LogP contribution is -2.33. The first-order valence-corrected chi connectivity index (χ1v) is 5.70. The van der Waals surface area contributed by atoms with E-state index in [0.29, 0.717) is 12.1 Å². The van der Waals surface area contributed by atoms with Gasteiger partial charge in [-0.3, -0.25) is 4.79 Å². The summed E-state index contributed by atoms with van der Waals surface area (Å²) in [7, 11) is -2.15. The second-order valence-electron chi connectivity index (χ2n) is 4.38. The van der Waals surface area contributed by atoms with Crippen molar-refractivity contribution < 1.29 is 32.4 Å². The summed E-state index contributed by atoms with van der Waals surface area (Å²) in [6.45, 7) is 4.69. The zero-order chi connectivity index (χ0) is 16.4. The van der Waals surface area contributed by atoms with Gasteiger partial charge in [-0.15, -0.1) is 0 Å². The number of amides is 1. The number of halogens is 4. The van der Waals surface area contributed by atoms with E-state index in [1.807, 2.05) is 0 Å². The molecule has 9 heteroatoms. The molecule has 21 heavy (non-hydrogen) atoms. The summed E-state index contributed by atoms with van der Waals surface area (Å²) < 4.78 is 51.5. The summed E-state index contributed by atoms with van der Waals surface area (Å²) in [5, 5.41) is 20.2. The Morgan fingerprint density at radius 2 is 1.90 bits per heavy atom. The van der Waals surface area contributed by atoms with E-state index >= 15 is 0 Å². The third-order valence-electron chi connectivity index (χ3n) is 2.56. The van der Waals surface area contributed by atoms with Crippen LogP contribution in [0.3, 0.4) is 0 Å². The number of anilines is 1. The maximum absolute atomic E-state index is 13.4. The molecule has 0 aliphatic rings. The number of hydrogen-bond donors (Lipinski definition) is 3. The summed E-state index contributed by atoms with van der Waals surface area (Å²) in [6.07, 6.45) is -3.98. The summed E-state index contributed by atoms with van der Waals surface area (Å²) >= 11 is 0. The summed E-state index contributed by atoms with van der Waals surface area (Å²) in [5.41, 5.74) is -1.80. The Kier molecular flexibility index (Phi) is 5.13. The van der Waals surface area contributed by atoms with Crippen molar-refractivity contribution in [2.24, 2.45) is 0 Å². The van der Waals surface area contributed by atoms with Crippen LogP contribution in [-0.4, -0.2) is 29.5 Å². The highest BCUT2D eigenvalue weighted by Crippen LogP contribution is 2.35. The van der Waals surface area contributed by atoms with Crippen LogP contribution >= 0.6 is 0 Å². The third-order valence-corrected chi connectivity index (χ3v) is 2.56. The molecule has 0 heterocycles. The fourth-order valence-corrected chi connectivity index (χ4v) is 1.43. The number of alkyl halides is 4. The fourth-order valence-electron chi connectivity index (χ4n) is 1.43. The molecular weight excluding hydrogens is 293 g/mol. The number of carbonyl (C=O) groups excluding carboxylic acids is 1. The molecule has 0 unspecified atom stereocenters. The SMILES string of the molecule is C=C(C)C(=O)Nc1cc(B(O)O)cc(C(F)(F)C(F)F)c1. The number of carbonyl (C=O) groups is 1. The van der Waals surface area contributed by atoms with Crippen LogP contribution in [0.25, 0.3) is 0 Å². The molecule has 1 aromatic carbocycles. The van der Waals surface area contributed by atoms with Crippen LogP contribution in [0.4, 0.5) is 23.2 Å². The monoisotopic (exact) mass is 305 g/mol. The quantitative estimate of drug-likeness (QED) is 0.435. The fraction of sp³-hybridized carbons (Fsp3) is 0.250. The average Bonchev–Trinajstić information content (AvgIpc) is 2.37. The Morgan fingerprint density at radius 1 is 1.33 bits per heavy atom. The summed E-state index contributed by atoms with van der Waals surface area (Å²) in [6, 6.07) is 2.16. The van der Waals surface area contributed by atoms with Gasteiger partial charge >= 0.3 is 19.5 Å². The summed E-state index contributed by atoms with van der Waals surface area (Å²) in [5.74, 6) is -5.21. The number of nitrogens with one attached hydrogen (secondary N) is 1. The molecule has 0 aromatic heterocycles. The van der Waals surface area contributed by atoms with Crippen molar-refractivity contribution in [1.29, 1.82) is 0 Å². The minimum Gasteiger partial charge on any atom is -0.423 e. The van der Waals surface area contributed by atoms with Gasteiger partial charge in [0.25, 0.3) is 5.91 Å². The van der Waals surface area contributed by atoms with Gasteiger partial charge in [-0.2, -0.15) is 8.78 Å². The molecule has 0 aliphatic heterocycles. The topological polar surface area (TPSA) is 69.6 Å². The highest BCUT2D eigenvalue weighted by Gasteiger charge is 2.43. The zero-order valence-electron chi connectivity index (χ0n) is 10.9. The molecule has 0 atom stereocenters. The van der Waals surface area contributed by atoms with Gasteiger partial charge in [-0.25, -0.2) is 8.78 Å². The van der Waals surface area contributed by atoms with Crippen molar-refractivity contribution >= 4 is 24.2 Å². The van der Waals surface area contributed by atoms with Gasteiger partial charge in [-0.05, 0) is 24.5 Å². The number of hydrogen-bond acceptors (Lipinski definition) is 3. The van der Waals surface area contributed by atoms with Gasteiger partial charge in [0.1, 0.15) is 0 Å². The van der Waals surface area contributed by atoms with Crippen molar-refractivity contribution in [1.82, 2.24) is 0 Å². The maximum Gasteiger partial charge on any atom is 0.488 e. The van der Waals surface area contributed by atoms with Crippen LogP contribution in [-0.2, 0) is 10.7 Å². The predicted octanol–water partition coefficient (Wildman–Crippen LogP) is 1.24. The molecule has 114 valence electrons. The van der Waals surface area contributed by atoms with E-state index in [2.05, 4.69) is 11.9 Å². The van der Waals surface area contributed by atoms with Crippen LogP contribution in [0, 0.1) is 0 Å². The molecule has 0 spiro atoms. The normalized spacial score (nSPS) is 11.4. The van der Waals surface area contributed by atoms with Gasteiger partial charge in [0.05, 0.1) is 0 Å². The van der Waals surface area contributed by atoms with Crippen LogP contribution in [0.15, 0.2) is 30.4 Å². The Bertz CT molecular complexity index is 563. The Morgan fingerprint density at radius 3 is 2.33 bits per heavy atom. The first-order valence-electron chi connectivity index (χ1n) is 5.70. The highest BCUT2D eigenvalue weighted by molar-refractivity contribution is 6.58. The minimum absolute atomic E-state index is 0.0621. The zero-order valence-corrected chi connectivity index (χ0v) is 10.9. The Hall–Kier alpha value is -1.87. The van der Waals surface area contributed by atoms with E-state index in [1.165, 1.54) is 6.92 Å². The van der Waals surface area contributed by atoms with E-state index in [1.54, 1.807) is 0 Å². The van der Waals surface area contributed by atoms with E-state index < -0.39 is 36.4 Å². The van der Waals surface area contributed by atoms with Crippen molar-refractivity contribution in [2.45, 2.75) is 19.3 Å². The van der Waals surface area contributed by atoms with Crippen molar-refractivity contribution in [2.75, 3.05) is 5.32 Å². The lowest BCUT2D eigenvalue weighted by Gasteiger charge is -2.18. The molecule has 0 saturated carbocycles. The standard InChI is InChI=1S/C12H12BF4NO3/c1-6(2)10(19)18-9-4-7(12(16,17)11(14)15)3-8(5-9)13(20)21/h3-5,11,20-21H,1H2,2H3,(H,18,19). The molecule has 0 bridgehead atoms. The van der Waals surface area contributed by atoms with Crippen LogP contribution in [0.5, 0.6) is 0 Å². The number of benzene rings is 1. The molecule has 0 radical (unpaired) electrons. The van der Waals surface area contributed by atoms with E-state index in [0.717, 1.165) is 6.07 Å². The van der Waals surface area contributed by atoms with Crippen molar-refractivity contribution in [3.8, 4) is 0 Å². The smallest absolute Gasteiger partial charge is 0.423 e. The van der Waals surface area contributed by atoms with Gasteiger partial charge < -0.3 is 15.4 Å². The van der Waals surface area contributed by atoms with Crippen LogP contribution in [0.2, 0.25) is 0 Å². The molecule has 0 saturated heterocycles. The molecule has 1 rings (SSSR count). The molecule has 0 fully saturated rings. The second-order valence-corrected chi connectivity index (χ2v) is 4.38. The Labute approximate surface area is 118 Å². The average molecular weight is 305 g/mol. The number of rotatable bonds is 5. The van der Waals surface area contributed by atoms with E-state index in [-0.39, 0.29) is 11.3 Å². The molecule has 3 N–H and O–H groups in total. The van der Waals surface area contributed by atoms with Crippen molar-refractivity contribution in [3.05, 3.63) is 35.9 Å². The molecular formula is C12H12BF4NO3. The highest BCUT2D eigenvalue weighted by atomic mass is 19.3. The lowest BCUT2D eigenvalue weighted by molar-refractivity contribution is -0.135. The van der Waals surface area contributed by atoms with Gasteiger partial charge in [0.15, 0.2) is 0 Å². The van der Waals surface area contributed by atoms with E-state index in [9.17, 15) is 22.4 Å². The minimum atomic E-state index is -4.49. The van der Waals surface area contributed by atoms with Crippen LogP contribution in [0.1, 0.15) is 12.5 Å². The lowest BCUT2D eigenvalue weighted by atomic mass is 9.78. The third kappa shape index (κ3) is 4.05. The predicted molar refractivity (Wildman–Crippen MR) is 69.6 cm³/mol. The van der Waals surface area contributed by atoms with Gasteiger partial charge in [-0.1, -0.05) is 12.6 Å². The van der Waals surface area contributed by atoms with E-state index in [4.69, 9.17) is 10.0 Å². The van der Waals surface area contributed by atoms with Gasteiger partial charge in [0, 0.05) is 16.8 Å². The largest absolute Gasteiger partial charge is 0.488 e. The molecule has 1 aromatic rings. The van der Waals surface area contributed by atoms with Gasteiger partial charge in [0.2, 0.25) is 0 Å². The maximum atomic E-state index is 13.4. The van der Waals surface area contributed by atoms with Crippen molar-refractivity contribution in [3.63, 3.8) is 0 Å². The molecule has 1 amide bonds. The second kappa shape index (κ2) is 6.27. The summed E-state index contributed by atoms with van der Waals surface area (Å²) in [4.78, 5) is 11.4. The molecule has 4 nitrogen and oxygen atoms in total. The van der Waals surface area contributed by atoms with Crippen LogP contribution < -0.4 is 10.8 Å².